The zero-order valence-electron chi connectivity index (χ0n) is 17.6. The number of hydrogen-bond donors (Lipinski definition) is 1. The number of nitrogens with zero attached hydrogens (tertiary/aromatic N) is 5. The standard InChI is InChI=1S/C23H25N5O2S/c1-16-24-23-28(25-16)22(29)21(31-23)20(18-10-6-7-11-19(18)30-2)27-14-12-26(13-15-27)17-8-4-3-5-9-17/h3-11,20,29H,12-15H2,1-2H3. The quantitative estimate of drug-likeness (QED) is 0.515. The summed E-state index contributed by atoms with van der Waals surface area (Å²) in [6, 6.07) is 18.4. The van der Waals surface area contributed by atoms with Crippen molar-refractivity contribution in [2.24, 2.45) is 0 Å². The molecule has 0 spiro atoms. The molecule has 3 heterocycles. The van der Waals surface area contributed by atoms with Crippen molar-refractivity contribution in [2.45, 2.75) is 13.0 Å². The Morgan fingerprint density at radius 3 is 2.42 bits per heavy atom. The van der Waals surface area contributed by atoms with Crippen molar-refractivity contribution in [3.05, 3.63) is 70.9 Å². The maximum Gasteiger partial charge on any atom is 0.230 e. The molecule has 0 radical (unpaired) electrons. The lowest BCUT2D eigenvalue weighted by atomic mass is 10.0. The van der Waals surface area contributed by atoms with E-state index in [1.54, 1.807) is 7.11 Å². The van der Waals surface area contributed by atoms with Crippen molar-refractivity contribution in [2.75, 3.05) is 38.2 Å². The number of aromatic nitrogens is 3. The van der Waals surface area contributed by atoms with Crippen LogP contribution in [0.4, 0.5) is 5.69 Å². The Morgan fingerprint density at radius 1 is 1.00 bits per heavy atom. The molecule has 1 aliphatic rings. The number of ether oxygens (including phenoxy) is 1. The smallest absolute Gasteiger partial charge is 0.230 e. The van der Waals surface area contributed by atoms with Gasteiger partial charge < -0.3 is 14.7 Å². The predicted octanol–water partition coefficient (Wildman–Crippen LogP) is 3.73. The number of aryl methyl sites for hydroxylation is 1. The third-order valence-electron chi connectivity index (χ3n) is 5.79. The summed E-state index contributed by atoms with van der Waals surface area (Å²) in [6.45, 7) is 5.39. The van der Waals surface area contributed by atoms with Crippen LogP contribution in [0.2, 0.25) is 0 Å². The van der Waals surface area contributed by atoms with Crippen LogP contribution >= 0.6 is 11.3 Å². The van der Waals surface area contributed by atoms with Crippen LogP contribution in [0.5, 0.6) is 11.6 Å². The molecule has 0 aliphatic carbocycles. The number of piperazine rings is 1. The molecule has 7 nitrogen and oxygen atoms in total. The highest BCUT2D eigenvalue weighted by molar-refractivity contribution is 7.17. The number of hydrogen-bond acceptors (Lipinski definition) is 7. The molecule has 160 valence electrons. The molecule has 1 saturated heterocycles. The van der Waals surface area contributed by atoms with Gasteiger partial charge in [0.2, 0.25) is 10.8 Å². The number of para-hydroxylation sites is 2. The third-order valence-corrected chi connectivity index (χ3v) is 6.86. The number of benzene rings is 2. The lowest BCUT2D eigenvalue weighted by Crippen LogP contribution is -2.47. The Labute approximate surface area is 185 Å². The van der Waals surface area contributed by atoms with Gasteiger partial charge in [0.15, 0.2) is 0 Å². The molecular weight excluding hydrogens is 410 g/mol. The molecule has 1 fully saturated rings. The van der Waals surface area contributed by atoms with E-state index in [9.17, 15) is 5.11 Å². The highest BCUT2D eigenvalue weighted by Gasteiger charge is 2.33. The molecule has 0 bridgehead atoms. The second-order valence-electron chi connectivity index (χ2n) is 7.65. The molecule has 1 N–H and O–H groups in total. The number of rotatable bonds is 5. The van der Waals surface area contributed by atoms with Crippen molar-refractivity contribution in [1.29, 1.82) is 0 Å². The first kappa shape index (κ1) is 19.8. The Kier molecular flexibility index (Phi) is 5.25. The number of fused-ring (bicyclic) bond motifs is 1. The largest absolute Gasteiger partial charge is 0.496 e. The van der Waals surface area contributed by atoms with Gasteiger partial charge >= 0.3 is 0 Å². The topological polar surface area (TPSA) is 66.1 Å². The SMILES string of the molecule is COc1ccccc1C(c1sc2nc(C)nn2c1O)N1CCN(c2ccccc2)CC1. The van der Waals surface area contributed by atoms with Gasteiger partial charge in [-0.15, -0.1) is 5.10 Å². The molecule has 1 atom stereocenters. The van der Waals surface area contributed by atoms with Crippen molar-refractivity contribution in [1.82, 2.24) is 19.5 Å². The summed E-state index contributed by atoms with van der Waals surface area (Å²) < 4.78 is 7.23. The van der Waals surface area contributed by atoms with Gasteiger partial charge in [0.25, 0.3) is 0 Å². The predicted molar refractivity (Wildman–Crippen MR) is 122 cm³/mol. The van der Waals surface area contributed by atoms with Gasteiger partial charge in [-0.05, 0) is 25.1 Å². The van der Waals surface area contributed by atoms with Gasteiger partial charge in [-0.25, -0.2) is 4.98 Å². The average Bonchev–Trinajstić information content (AvgIpc) is 3.32. The van der Waals surface area contributed by atoms with E-state index in [1.807, 2.05) is 31.2 Å². The Bertz CT molecular complexity index is 1180. The summed E-state index contributed by atoms with van der Waals surface area (Å²) in [7, 11) is 1.69. The first-order chi connectivity index (χ1) is 15.2. The lowest BCUT2D eigenvalue weighted by Gasteiger charge is -2.40. The van der Waals surface area contributed by atoms with Crippen LogP contribution in [0.25, 0.3) is 4.96 Å². The average molecular weight is 436 g/mol. The van der Waals surface area contributed by atoms with E-state index in [2.05, 4.69) is 50.2 Å². The molecule has 4 aromatic rings. The summed E-state index contributed by atoms with van der Waals surface area (Å²) in [5.41, 5.74) is 2.28. The fraction of sp³-hybridized carbons (Fsp3) is 0.304. The Morgan fingerprint density at radius 2 is 1.71 bits per heavy atom. The second kappa shape index (κ2) is 8.20. The normalized spacial score (nSPS) is 16.0. The van der Waals surface area contributed by atoms with Crippen LogP contribution in [0.3, 0.4) is 0 Å². The molecule has 0 saturated carbocycles. The highest BCUT2D eigenvalue weighted by Crippen LogP contribution is 2.43. The van der Waals surface area contributed by atoms with E-state index < -0.39 is 0 Å². The first-order valence-corrected chi connectivity index (χ1v) is 11.2. The number of thiazole rings is 1. The summed E-state index contributed by atoms with van der Waals surface area (Å²) in [4.78, 5) is 10.8. The first-order valence-electron chi connectivity index (χ1n) is 10.4. The number of aromatic hydroxyl groups is 1. The van der Waals surface area contributed by atoms with E-state index in [-0.39, 0.29) is 11.9 Å². The zero-order chi connectivity index (χ0) is 21.4. The van der Waals surface area contributed by atoms with E-state index in [0.717, 1.165) is 42.4 Å². The number of methoxy groups -OCH3 is 1. The molecule has 0 amide bonds. The zero-order valence-corrected chi connectivity index (χ0v) is 18.4. The summed E-state index contributed by atoms with van der Waals surface area (Å²) >= 11 is 1.49. The van der Waals surface area contributed by atoms with Gasteiger partial charge in [-0.2, -0.15) is 4.52 Å². The maximum atomic E-state index is 11.1. The van der Waals surface area contributed by atoms with Crippen LogP contribution in [0, 0.1) is 6.92 Å². The highest BCUT2D eigenvalue weighted by atomic mass is 32.1. The monoisotopic (exact) mass is 435 g/mol. The lowest BCUT2D eigenvalue weighted by molar-refractivity contribution is 0.207. The second-order valence-corrected chi connectivity index (χ2v) is 8.66. The fourth-order valence-electron chi connectivity index (χ4n) is 4.30. The van der Waals surface area contributed by atoms with Crippen LogP contribution < -0.4 is 9.64 Å². The fourth-order valence-corrected chi connectivity index (χ4v) is 5.45. The summed E-state index contributed by atoms with van der Waals surface area (Å²) in [5.74, 6) is 1.62. The maximum absolute atomic E-state index is 11.1. The van der Waals surface area contributed by atoms with Gasteiger partial charge in [0, 0.05) is 37.4 Å². The van der Waals surface area contributed by atoms with E-state index in [0.29, 0.717) is 10.8 Å². The van der Waals surface area contributed by atoms with E-state index in [1.165, 1.54) is 21.5 Å². The summed E-state index contributed by atoms with van der Waals surface area (Å²) in [6.07, 6.45) is 0. The van der Waals surface area contributed by atoms with Crippen molar-refractivity contribution in [3.8, 4) is 11.6 Å². The van der Waals surface area contributed by atoms with Crippen LogP contribution in [-0.2, 0) is 0 Å². The van der Waals surface area contributed by atoms with Crippen LogP contribution in [0.1, 0.15) is 22.3 Å². The summed E-state index contributed by atoms with van der Waals surface area (Å²) in [5, 5.41) is 15.4. The molecule has 8 heteroatoms. The minimum Gasteiger partial charge on any atom is -0.496 e. The minimum atomic E-state index is -0.136. The van der Waals surface area contributed by atoms with Gasteiger partial charge in [-0.3, -0.25) is 4.90 Å². The molecule has 31 heavy (non-hydrogen) atoms. The van der Waals surface area contributed by atoms with Gasteiger partial charge in [-0.1, -0.05) is 47.7 Å². The van der Waals surface area contributed by atoms with Crippen molar-refractivity contribution in [3.63, 3.8) is 0 Å². The molecule has 1 aliphatic heterocycles. The van der Waals surface area contributed by atoms with E-state index >= 15 is 0 Å². The van der Waals surface area contributed by atoms with Crippen LogP contribution in [-0.4, -0.2) is 57.9 Å². The molecule has 5 rings (SSSR count). The van der Waals surface area contributed by atoms with Crippen LogP contribution in [0.15, 0.2) is 54.6 Å². The molecule has 2 aromatic heterocycles. The van der Waals surface area contributed by atoms with Gasteiger partial charge in [0.1, 0.15) is 11.6 Å². The Hall–Kier alpha value is -3.10. The van der Waals surface area contributed by atoms with Crippen molar-refractivity contribution >= 4 is 22.0 Å². The Balaban J connectivity index is 1.52. The number of anilines is 1. The van der Waals surface area contributed by atoms with E-state index in [4.69, 9.17) is 4.74 Å². The van der Waals surface area contributed by atoms with Crippen molar-refractivity contribution < 1.29 is 9.84 Å². The molecule has 2 aromatic carbocycles. The van der Waals surface area contributed by atoms with Gasteiger partial charge in [0.05, 0.1) is 18.0 Å². The third kappa shape index (κ3) is 3.62. The molecule has 1 unspecified atom stereocenters. The minimum absolute atomic E-state index is 0.136. The molecular formula is C23H25N5O2S.